The van der Waals surface area contributed by atoms with Crippen molar-refractivity contribution in [3.05, 3.63) is 73.3 Å². The number of nitrogens with zero attached hydrogens (tertiary/aromatic N) is 4. The average molecular weight is 260 g/mol. The highest BCUT2D eigenvalue weighted by Gasteiger charge is 2.11. The van der Waals surface area contributed by atoms with E-state index in [-0.39, 0.29) is 0 Å². The van der Waals surface area contributed by atoms with Gasteiger partial charge in [0.05, 0.1) is 11.0 Å². The Bertz CT molecular complexity index is 773. The lowest BCUT2D eigenvalue weighted by molar-refractivity contribution is 0.927. The average Bonchev–Trinajstić information content (AvgIpc) is 3.19. The first kappa shape index (κ1) is 11.0. The standard InChI is InChI=1S/C16H12N4/c1-2-8-14-13(7-1)17-15(19-9-3-4-10-19)16(18-14)20-11-5-6-12-20/h1-12H. The summed E-state index contributed by atoms with van der Waals surface area (Å²) < 4.78 is 3.96. The van der Waals surface area contributed by atoms with Gasteiger partial charge in [-0.1, -0.05) is 12.1 Å². The highest BCUT2D eigenvalue weighted by Crippen LogP contribution is 2.19. The van der Waals surface area contributed by atoms with Crippen LogP contribution in [0.25, 0.3) is 22.7 Å². The zero-order chi connectivity index (χ0) is 13.4. The maximum atomic E-state index is 4.75. The van der Waals surface area contributed by atoms with Gasteiger partial charge in [0.2, 0.25) is 0 Å². The smallest absolute Gasteiger partial charge is 0.181 e. The minimum atomic E-state index is 0.824. The summed E-state index contributed by atoms with van der Waals surface area (Å²) >= 11 is 0. The largest absolute Gasteiger partial charge is 0.306 e. The SMILES string of the molecule is c1ccc2nc(-n3cccc3)c(-n3cccc3)nc2c1. The monoisotopic (exact) mass is 260 g/mol. The van der Waals surface area contributed by atoms with E-state index in [1.165, 1.54) is 0 Å². The van der Waals surface area contributed by atoms with Crippen LogP contribution < -0.4 is 0 Å². The van der Waals surface area contributed by atoms with Crippen LogP contribution in [0.3, 0.4) is 0 Å². The van der Waals surface area contributed by atoms with E-state index in [1.54, 1.807) is 0 Å². The van der Waals surface area contributed by atoms with Crippen molar-refractivity contribution < 1.29 is 0 Å². The van der Waals surface area contributed by atoms with E-state index in [0.29, 0.717) is 0 Å². The van der Waals surface area contributed by atoms with Crippen molar-refractivity contribution >= 4 is 11.0 Å². The highest BCUT2D eigenvalue weighted by atomic mass is 15.2. The van der Waals surface area contributed by atoms with Crippen LogP contribution >= 0.6 is 0 Å². The van der Waals surface area contributed by atoms with Gasteiger partial charge in [0.15, 0.2) is 11.6 Å². The molecule has 3 heterocycles. The summed E-state index contributed by atoms with van der Waals surface area (Å²) in [4.78, 5) is 9.51. The summed E-state index contributed by atoms with van der Waals surface area (Å²) in [7, 11) is 0. The Balaban J connectivity index is 2.06. The molecule has 20 heavy (non-hydrogen) atoms. The van der Waals surface area contributed by atoms with Crippen LogP contribution in [0, 0.1) is 0 Å². The first-order chi connectivity index (χ1) is 9.92. The van der Waals surface area contributed by atoms with Gasteiger partial charge in [-0.25, -0.2) is 9.97 Å². The van der Waals surface area contributed by atoms with Crippen LogP contribution in [0.2, 0.25) is 0 Å². The van der Waals surface area contributed by atoms with Crippen LogP contribution in [0.4, 0.5) is 0 Å². The maximum absolute atomic E-state index is 4.75. The van der Waals surface area contributed by atoms with Crippen LogP contribution in [0.1, 0.15) is 0 Å². The van der Waals surface area contributed by atoms with Crippen molar-refractivity contribution in [2.24, 2.45) is 0 Å². The summed E-state index contributed by atoms with van der Waals surface area (Å²) in [6, 6.07) is 15.8. The molecule has 4 heteroatoms. The second-order valence-corrected chi connectivity index (χ2v) is 4.54. The third-order valence-corrected chi connectivity index (χ3v) is 3.23. The first-order valence-corrected chi connectivity index (χ1v) is 6.45. The molecule has 3 aromatic heterocycles. The van der Waals surface area contributed by atoms with Gasteiger partial charge in [-0.3, -0.25) is 0 Å². The Morgan fingerprint density at radius 3 is 1.35 bits per heavy atom. The molecule has 0 spiro atoms. The topological polar surface area (TPSA) is 35.6 Å². The van der Waals surface area contributed by atoms with E-state index < -0.39 is 0 Å². The minimum Gasteiger partial charge on any atom is -0.306 e. The molecule has 0 fully saturated rings. The lowest BCUT2D eigenvalue weighted by Crippen LogP contribution is -2.06. The number of fused-ring (bicyclic) bond motifs is 1. The molecule has 0 N–H and O–H groups in total. The van der Waals surface area contributed by atoms with Gasteiger partial charge < -0.3 is 9.13 Å². The predicted octanol–water partition coefficient (Wildman–Crippen LogP) is 3.21. The molecular weight excluding hydrogens is 248 g/mol. The number of benzene rings is 1. The van der Waals surface area contributed by atoms with E-state index in [0.717, 1.165) is 22.7 Å². The third-order valence-electron chi connectivity index (χ3n) is 3.23. The number of aromatic nitrogens is 4. The second kappa shape index (κ2) is 4.35. The zero-order valence-electron chi connectivity index (χ0n) is 10.7. The molecule has 0 atom stereocenters. The van der Waals surface area contributed by atoms with E-state index in [4.69, 9.17) is 9.97 Å². The predicted molar refractivity (Wildman–Crippen MR) is 78.2 cm³/mol. The summed E-state index contributed by atoms with van der Waals surface area (Å²) in [5.41, 5.74) is 1.79. The van der Waals surface area contributed by atoms with Crippen molar-refractivity contribution in [2.45, 2.75) is 0 Å². The van der Waals surface area contributed by atoms with Gasteiger partial charge in [0, 0.05) is 24.8 Å². The summed E-state index contributed by atoms with van der Waals surface area (Å²) in [6.45, 7) is 0. The molecule has 0 aliphatic heterocycles. The molecule has 0 saturated carbocycles. The van der Waals surface area contributed by atoms with Crippen molar-refractivity contribution in [2.75, 3.05) is 0 Å². The second-order valence-electron chi connectivity index (χ2n) is 4.54. The molecule has 1 aromatic carbocycles. The molecule has 0 amide bonds. The third kappa shape index (κ3) is 1.70. The van der Waals surface area contributed by atoms with Crippen molar-refractivity contribution in [3.8, 4) is 11.6 Å². The zero-order valence-corrected chi connectivity index (χ0v) is 10.7. The lowest BCUT2D eigenvalue weighted by Gasteiger charge is -2.11. The van der Waals surface area contributed by atoms with Gasteiger partial charge in [-0.15, -0.1) is 0 Å². The highest BCUT2D eigenvalue weighted by molar-refractivity contribution is 5.76. The van der Waals surface area contributed by atoms with Gasteiger partial charge in [-0.2, -0.15) is 0 Å². The molecule has 4 rings (SSSR count). The van der Waals surface area contributed by atoms with E-state index in [2.05, 4.69) is 0 Å². The first-order valence-electron chi connectivity index (χ1n) is 6.45. The van der Waals surface area contributed by atoms with E-state index >= 15 is 0 Å². The summed E-state index contributed by atoms with van der Waals surface area (Å²) in [5.74, 6) is 1.65. The molecule has 0 aliphatic carbocycles. The van der Waals surface area contributed by atoms with Crippen molar-refractivity contribution in [1.82, 2.24) is 19.1 Å². The number of hydrogen-bond acceptors (Lipinski definition) is 2. The molecule has 0 radical (unpaired) electrons. The summed E-state index contributed by atoms with van der Waals surface area (Å²) in [6.07, 6.45) is 7.91. The van der Waals surface area contributed by atoms with E-state index in [1.807, 2.05) is 82.5 Å². The van der Waals surface area contributed by atoms with Gasteiger partial charge >= 0.3 is 0 Å². The fourth-order valence-corrected chi connectivity index (χ4v) is 2.28. The molecule has 0 bridgehead atoms. The number of para-hydroxylation sites is 2. The normalized spacial score (nSPS) is 11.0. The number of rotatable bonds is 2. The molecule has 4 aromatic rings. The van der Waals surface area contributed by atoms with Gasteiger partial charge in [0.1, 0.15) is 0 Å². The van der Waals surface area contributed by atoms with Crippen LogP contribution in [-0.4, -0.2) is 19.1 Å². The Morgan fingerprint density at radius 2 is 0.950 bits per heavy atom. The van der Waals surface area contributed by atoms with E-state index in [9.17, 15) is 0 Å². The maximum Gasteiger partial charge on any atom is 0.181 e. The van der Waals surface area contributed by atoms with Crippen molar-refractivity contribution in [1.29, 1.82) is 0 Å². The molecule has 0 saturated heterocycles. The van der Waals surface area contributed by atoms with Crippen LogP contribution in [0.5, 0.6) is 0 Å². The molecule has 96 valence electrons. The molecule has 4 nitrogen and oxygen atoms in total. The molecular formula is C16H12N4. The van der Waals surface area contributed by atoms with Crippen LogP contribution in [0.15, 0.2) is 73.3 Å². The van der Waals surface area contributed by atoms with Crippen LogP contribution in [-0.2, 0) is 0 Å². The Morgan fingerprint density at radius 1 is 0.550 bits per heavy atom. The quantitative estimate of drug-likeness (QED) is 0.555. The fourth-order valence-electron chi connectivity index (χ4n) is 2.28. The molecule has 0 unspecified atom stereocenters. The fraction of sp³-hybridized carbons (Fsp3) is 0. The number of hydrogen-bond donors (Lipinski definition) is 0. The lowest BCUT2D eigenvalue weighted by atomic mass is 10.3. The molecule has 0 aliphatic rings. The van der Waals surface area contributed by atoms with Crippen molar-refractivity contribution in [3.63, 3.8) is 0 Å². The Labute approximate surface area is 116 Å². The van der Waals surface area contributed by atoms with Gasteiger partial charge in [0.25, 0.3) is 0 Å². The minimum absolute atomic E-state index is 0.824. The Hall–Kier alpha value is -2.88. The summed E-state index contributed by atoms with van der Waals surface area (Å²) in [5, 5.41) is 0. The van der Waals surface area contributed by atoms with Gasteiger partial charge in [-0.05, 0) is 36.4 Å². The Kier molecular flexibility index (Phi) is 2.39.